The predicted octanol–water partition coefficient (Wildman–Crippen LogP) is 4.76. The van der Waals surface area contributed by atoms with E-state index < -0.39 is 23.4 Å². The van der Waals surface area contributed by atoms with Crippen molar-refractivity contribution in [2.75, 3.05) is 11.9 Å². The van der Waals surface area contributed by atoms with Crippen LogP contribution < -0.4 is 10.6 Å². The lowest BCUT2D eigenvalue weighted by atomic mass is 9.87. The van der Waals surface area contributed by atoms with Gasteiger partial charge in [0, 0.05) is 5.56 Å². The largest absolute Gasteiger partial charge is 0.325 e. The number of thiazole rings is 1. The fourth-order valence-corrected chi connectivity index (χ4v) is 5.24. The van der Waals surface area contributed by atoms with Crippen LogP contribution in [-0.4, -0.2) is 34.3 Å². The number of anilines is 1. The second-order valence-corrected chi connectivity index (χ2v) is 9.06. The van der Waals surface area contributed by atoms with Gasteiger partial charge in [-0.3, -0.25) is 14.5 Å². The number of para-hydroxylation sites is 2. The molecule has 2 heterocycles. The van der Waals surface area contributed by atoms with Crippen molar-refractivity contribution in [3.63, 3.8) is 0 Å². The van der Waals surface area contributed by atoms with Gasteiger partial charge in [-0.25, -0.2) is 9.78 Å². The number of carbonyl (C=O) groups excluding carboxylic acids is 3. The number of hydrogen-bond acceptors (Lipinski definition) is 5. The minimum Gasteiger partial charge on any atom is -0.324 e. The second-order valence-electron chi connectivity index (χ2n) is 8.03. The van der Waals surface area contributed by atoms with Gasteiger partial charge in [-0.05, 0) is 36.2 Å². The van der Waals surface area contributed by atoms with Crippen LogP contribution in [0, 0.1) is 0 Å². The van der Waals surface area contributed by atoms with Crippen molar-refractivity contribution in [1.29, 1.82) is 0 Å². The molecule has 5 rings (SSSR count). The maximum atomic E-state index is 13.3. The molecule has 0 spiro atoms. The molecule has 170 valence electrons. The molecular weight excluding hydrogens is 448 g/mol. The summed E-state index contributed by atoms with van der Waals surface area (Å²) in [4.78, 5) is 44.6. The summed E-state index contributed by atoms with van der Waals surface area (Å²) in [6.07, 6.45) is 0.375. The smallest absolute Gasteiger partial charge is 0.324 e. The molecule has 3 aromatic carbocycles. The lowest BCUT2D eigenvalue weighted by Gasteiger charge is -2.25. The van der Waals surface area contributed by atoms with E-state index in [-0.39, 0.29) is 6.54 Å². The summed E-state index contributed by atoms with van der Waals surface area (Å²) in [6.45, 7) is 1.45. The van der Waals surface area contributed by atoms with Crippen LogP contribution in [0.1, 0.15) is 18.9 Å². The van der Waals surface area contributed by atoms with Gasteiger partial charge in [0.05, 0.1) is 15.9 Å². The molecule has 1 fully saturated rings. The first-order valence-electron chi connectivity index (χ1n) is 11.0. The third kappa shape index (κ3) is 3.72. The van der Waals surface area contributed by atoms with Gasteiger partial charge >= 0.3 is 6.03 Å². The molecule has 0 saturated carbocycles. The maximum absolute atomic E-state index is 13.3. The first-order valence-corrected chi connectivity index (χ1v) is 11.8. The predicted molar refractivity (Wildman–Crippen MR) is 132 cm³/mol. The highest BCUT2D eigenvalue weighted by Gasteiger charge is 2.51. The zero-order valence-electron chi connectivity index (χ0n) is 18.4. The summed E-state index contributed by atoms with van der Waals surface area (Å²) in [6, 6.07) is 23.7. The zero-order valence-corrected chi connectivity index (χ0v) is 19.3. The summed E-state index contributed by atoms with van der Waals surface area (Å²) < 4.78 is 1.05. The fourth-order valence-electron chi connectivity index (χ4n) is 4.23. The monoisotopic (exact) mass is 470 g/mol. The lowest BCUT2D eigenvalue weighted by molar-refractivity contribution is -0.134. The fraction of sp³-hybridized carbons (Fsp3) is 0.154. The number of nitrogens with zero attached hydrogens (tertiary/aromatic N) is 2. The Kier molecular flexibility index (Phi) is 5.59. The Labute approximate surface area is 200 Å². The molecule has 1 aliphatic heterocycles. The number of imide groups is 1. The Bertz CT molecular complexity index is 1370. The molecule has 0 bridgehead atoms. The molecule has 8 heteroatoms. The van der Waals surface area contributed by atoms with Gasteiger partial charge in [0.2, 0.25) is 5.91 Å². The van der Waals surface area contributed by atoms with Crippen molar-refractivity contribution in [2.45, 2.75) is 18.9 Å². The van der Waals surface area contributed by atoms with E-state index in [0.717, 1.165) is 25.7 Å². The average molecular weight is 471 g/mol. The van der Waals surface area contributed by atoms with Crippen LogP contribution in [0.25, 0.3) is 20.8 Å². The van der Waals surface area contributed by atoms with Gasteiger partial charge in [-0.2, -0.15) is 0 Å². The van der Waals surface area contributed by atoms with E-state index in [1.165, 1.54) is 11.3 Å². The molecule has 1 aliphatic rings. The van der Waals surface area contributed by atoms with Gasteiger partial charge in [0.25, 0.3) is 5.91 Å². The number of rotatable bonds is 6. The summed E-state index contributed by atoms with van der Waals surface area (Å²) in [5.74, 6) is -0.891. The molecule has 0 radical (unpaired) electrons. The average Bonchev–Trinajstić information content (AvgIpc) is 3.40. The summed E-state index contributed by atoms with van der Waals surface area (Å²) in [5.41, 5.74) is 1.77. The normalized spacial score (nSPS) is 17.7. The van der Waals surface area contributed by atoms with E-state index in [0.29, 0.717) is 17.7 Å². The Hall–Kier alpha value is -4.04. The van der Waals surface area contributed by atoms with E-state index in [1.54, 1.807) is 18.2 Å². The molecule has 4 aromatic rings. The number of amides is 4. The van der Waals surface area contributed by atoms with Crippen molar-refractivity contribution < 1.29 is 14.4 Å². The number of urea groups is 1. The third-order valence-corrected chi connectivity index (χ3v) is 7.07. The highest BCUT2D eigenvalue weighted by molar-refractivity contribution is 7.21. The maximum Gasteiger partial charge on any atom is 0.325 e. The van der Waals surface area contributed by atoms with Gasteiger partial charge in [0.1, 0.15) is 17.1 Å². The van der Waals surface area contributed by atoms with Crippen molar-refractivity contribution in [1.82, 2.24) is 15.2 Å². The molecule has 4 amide bonds. The number of hydrogen-bond donors (Lipinski definition) is 2. The molecular formula is C26H22N4O3S. The number of carbonyl (C=O) groups is 3. The first kappa shape index (κ1) is 21.8. The van der Waals surface area contributed by atoms with Crippen LogP contribution in [0.2, 0.25) is 0 Å². The molecule has 2 N–H and O–H groups in total. The van der Waals surface area contributed by atoms with E-state index >= 15 is 0 Å². The highest BCUT2D eigenvalue weighted by Crippen LogP contribution is 2.35. The van der Waals surface area contributed by atoms with Gasteiger partial charge < -0.3 is 10.6 Å². The number of benzene rings is 3. The molecule has 1 saturated heterocycles. The van der Waals surface area contributed by atoms with Crippen molar-refractivity contribution in [3.05, 3.63) is 84.4 Å². The Morgan fingerprint density at radius 1 is 1.00 bits per heavy atom. The van der Waals surface area contributed by atoms with E-state index in [1.807, 2.05) is 67.6 Å². The van der Waals surface area contributed by atoms with Crippen LogP contribution in [0.15, 0.2) is 78.9 Å². The summed E-state index contributed by atoms with van der Waals surface area (Å²) in [7, 11) is 0. The van der Waals surface area contributed by atoms with Crippen molar-refractivity contribution in [3.8, 4) is 10.6 Å². The Morgan fingerprint density at radius 3 is 2.47 bits per heavy atom. The minimum atomic E-state index is -1.17. The van der Waals surface area contributed by atoms with Crippen molar-refractivity contribution in [2.24, 2.45) is 0 Å². The van der Waals surface area contributed by atoms with Gasteiger partial charge in [0.15, 0.2) is 0 Å². The molecule has 1 unspecified atom stereocenters. The second kappa shape index (κ2) is 8.72. The van der Waals surface area contributed by atoms with Crippen molar-refractivity contribution >= 4 is 45.1 Å². The number of fused-ring (bicyclic) bond motifs is 1. The third-order valence-electron chi connectivity index (χ3n) is 6.00. The van der Waals surface area contributed by atoms with E-state index in [4.69, 9.17) is 0 Å². The van der Waals surface area contributed by atoms with Gasteiger partial charge in [-0.1, -0.05) is 61.5 Å². The van der Waals surface area contributed by atoms with Crippen LogP contribution in [-0.2, 0) is 15.1 Å². The standard InChI is InChI=1S/C26H22N4O3S/c1-2-26(17-10-4-3-5-11-17)24(32)30(25(33)29-26)16-22(31)27-19-13-7-6-12-18(19)23-28-20-14-8-9-15-21(20)34-23/h3-15H,2,16H2,1H3,(H,27,31)(H,29,33). The SMILES string of the molecule is CCC1(c2ccccc2)NC(=O)N(CC(=O)Nc2ccccc2-c2nc3ccccc3s2)C1=O. The molecule has 0 aliphatic carbocycles. The van der Waals surface area contributed by atoms with E-state index in [2.05, 4.69) is 15.6 Å². The van der Waals surface area contributed by atoms with Crippen LogP contribution >= 0.6 is 11.3 Å². The quantitative estimate of drug-likeness (QED) is 0.398. The van der Waals surface area contributed by atoms with Crippen LogP contribution in [0.3, 0.4) is 0 Å². The Morgan fingerprint density at radius 2 is 1.71 bits per heavy atom. The minimum absolute atomic E-state index is 0.375. The molecule has 34 heavy (non-hydrogen) atoms. The zero-order chi connectivity index (χ0) is 23.7. The van der Waals surface area contributed by atoms with Crippen LogP contribution in [0.4, 0.5) is 10.5 Å². The molecule has 7 nitrogen and oxygen atoms in total. The first-order chi connectivity index (χ1) is 16.5. The topological polar surface area (TPSA) is 91.4 Å². The molecule has 1 atom stereocenters. The number of aromatic nitrogens is 1. The summed E-state index contributed by atoms with van der Waals surface area (Å²) in [5, 5.41) is 6.44. The molecule has 1 aromatic heterocycles. The summed E-state index contributed by atoms with van der Waals surface area (Å²) >= 11 is 1.53. The number of nitrogens with one attached hydrogen (secondary N) is 2. The highest BCUT2D eigenvalue weighted by atomic mass is 32.1. The van der Waals surface area contributed by atoms with Gasteiger partial charge in [-0.15, -0.1) is 11.3 Å². The Balaban J connectivity index is 1.37. The van der Waals surface area contributed by atoms with Crippen LogP contribution in [0.5, 0.6) is 0 Å². The van der Waals surface area contributed by atoms with E-state index in [9.17, 15) is 14.4 Å². The lowest BCUT2D eigenvalue weighted by Crippen LogP contribution is -2.44.